The van der Waals surface area contributed by atoms with E-state index >= 15 is 0 Å². The van der Waals surface area contributed by atoms with Crippen molar-refractivity contribution in [2.75, 3.05) is 12.0 Å². The first kappa shape index (κ1) is 13.7. The van der Waals surface area contributed by atoms with E-state index in [-0.39, 0.29) is 11.8 Å². The van der Waals surface area contributed by atoms with Gasteiger partial charge in [0, 0.05) is 28.6 Å². The summed E-state index contributed by atoms with van der Waals surface area (Å²) in [4.78, 5) is 2.63. The lowest BCUT2D eigenvalue weighted by Gasteiger charge is -2.11. The van der Waals surface area contributed by atoms with Gasteiger partial charge >= 0.3 is 0 Å². The van der Waals surface area contributed by atoms with Crippen LogP contribution in [0.5, 0.6) is 0 Å². The first-order valence-electron chi connectivity index (χ1n) is 5.39. The molecule has 0 bridgehead atoms. The third kappa shape index (κ3) is 5.09. The molecule has 1 unspecified atom stereocenters. The molecule has 0 spiro atoms. The molecule has 0 aliphatic carbocycles. The molecule has 0 saturated heterocycles. The zero-order chi connectivity index (χ0) is 12.2. The Morgan fingerprint density at radius 2 is 2.00 bits per heavy atom. The second-order valence-electron chi connectivity index (χ2n) is 4.10. The van der Waals surface area contributed by atoms with E-state index in [1.54, 1.807) is 11.3 Å². The Labute approximate surface area is 102 Å². The Hall–Kier alpha value is -0.390. The second kappa shape index (κ2) is 5.80. The Morgan fingerprint density at radius 3 is 2.50 bits per heavy atom. The van der Waals surface area contributed by atoms with Gasteiger partial charge in [0.05, 0.1) is 5.75 Å². The van der Waals surface area contributed by atoms with Gasteiger partial charge in [-0.15, -0.1) is 11.3 Å². The molecule has 1 rings (SSSR count). The summed E-state index contributed by atoms with van der Waals surface area (Å²) in [7, 11) is -2.89. The molecule has 1 heterocycles. The Bertz CT molecular complexity index is 423. The molecule has 0 fully saturated rings. The molecule has 16 heavy (non-hydrogen) atoms. The number of hydrogen-bond donors (Lipinski definition) is 1. The van der Waals surface area contributed by atoms with Crippen LogP contribution in [0.25, 0.3) is 0 Å². The maximum absolute atomic E-state index is 11.1. The van der Waals surface area contributed by atoms with E-state index in [1.807, 2.05) is 6.92 Å². The molecule has 3 nitrogen and oxygen atoms in total. The van der Waals surface area contributed by atoms with E-state index in [2.05, 4.69) is 24.4 Å². The van der Waals surface area contributed by atoms with Gasteiger partial charge in [-0.1, -0.05) is 6.92 Å². The van der Waals surface area contributed by atoms with Crippen molar-refractivity contribution in [2.45, 2.75) is 32.9 Å². The quantitative estimate of drug-likeness (QED) is 0.850. The van der Waals surface area contributed by atoms with E-state index < -0.39 is 9.84 Å². The molecule has 1 aromatic heterocycles. The summed E-state index contributed by atoms with van der Waals surface area (Å²) in [5.41, 5.74) is 0. The fourth-order valence-electron chi connectivity index (χ4n) is 1.50. The Balaban J connectivity index is 2.39. The third-order valence-electron chi connectivity index (χ3n) is 2.24. The molecular formula is C11H19NO2S2. The lowest BCUT2D eigenvalue weighted by Crippen LogP contribution is -2.31. The van der Waals surface area contributed by atoms with Crippen LogP contribution in [0.4, 0.5) is 0 Å². The highest BCUT2D eigenvalue weighted by Gasteiger charge is 2.10. The van der Waals surface area contributed by atoms with Gasteiger partial charge in [0.15, 0.2) is 0 Å². The number of nitrogens with one attached hydrogen (secondary N) is 1. The lowest BCUT2D eigenvalue weighted by atomic mass is 10.3. The van der Waals surface area contributed by atoms with Gasteiger partial charge in [-0.2, -0.15) is 0 Å². The lowest BCUT2D eigenvalue weighted by molar-refractivity contribution is 0.562. The van der Waals surface area contributed by atoms with Crippen LogP contribution < -0.4 is 5.32 Å². The van der Waals surface area contributed by atoms with Crippen molar-refractivity contribution in [1.82, 2.24) is 5.32 Å². The van der Waals surface area contributed by atoms with Gasteiger partial charge < -0.3 is 5.32 Å². The third-order valence-corrected chi connectivity index (χ3v) is 4.58. The molecule has 92 valence electrons. The highest BCUT2D eigenvalue weighted by atomic mass is 32.2. The molecule has 1 atom stereocenters. The molecule has 0 aliphatic rings. The van der Waals surface area contributed by atoms with Crippen molar-refractivity contribution in [3.05, 3.63) is 21.9 Å². The van der Waals surface area contributed by atoms with Gasteiger partial charge in [0.1, 0.15) is 9.84 Å². The molecular weight excluding hydrogens is 242 g/mol. The van der Waals surface area contributed by atoms with Crippen LogP contribution in [0.1, 0.15) is 23.6 Å². The summed E-state index contributed by atoms with van der Waals surface area (Å²) >= 11 is 1.78. The summed E-state index contributed by atoms with van der Waals surface area (Å²) < 4.78 is 22.1. The first-order chi connectivity index (χ1) is 7.40. The van der Waals surface area contributed by atoms with Crippen molar-refractivity contribution < 1.29 is 8.42 Å². The van der Waals surface area contributed by atoms with Crippen molar-refractivity contribution >= 4 is 21.2 Å². The van der Waals surface area contributed by atoms with E-state index in [0.717, 1.165) is 13.0 Å². The summed E-state index contributed by atoms with van der Waals surface area (Å²) in [6.07, 6.45) is 2.33. The number of sulfone groups is 1. The number of hydrogen-bond acceptors (Lipinski definition) is 4. The zero-order valence-electron chi connectivity index (χ0n) is 9.99. The van der Waals surface area contributed by atoms with Gasteiger partial charge in [0.25, 0.3) is 0 Å². The summed E-state index contributed by atoms with van der Waals surface area (Å²) in [6, 6.07) is 4.23. The average Bonchev–Trinajstić information content (AvgIpc) is 2.59. The normalized spacial score (nSPS) is 13.9. The van der Waals surface area contributed by atoms with Gasteiger partial charge in [-0.25, -0.2) is 8.42 Å². The highest BCUT2D eigenvalue weighted by molar-refractivity contribution is 7.90. The van der Waals surface area contributed by atoms with Crippen molar-refractivity contribution in [2.24, 2.45) is 0 Å². The smallest absolute Gasteiger partial charge is 0.148 e. The minimum atomic E-state index is -2.89. The Kier molecular flexibility index (Phi) is 4.95. The van der Waals surface area contributed by atoms with Crippen LogP contribution in [0.3, 0.4) is 0 Å². The largest absolute Gasteiger partial charge is 0.308 e. The predicted molar refractivity (Wildman–Crippen MR) is 69.7 cm³/mol. The van der Waals surface area contributed by atoms with Crippen LogP contribution in [0, 0.1) is 0 Å². The number of rotatable bonds is 6. The van der Waals surface area contributed by atoms with Crippen LogP contribution in [0.2, 0.25) is 0 Å². The van der Waals surface area contributed by atoms with Crippen LogP contribution in [-0.2, 0) is 22.8 Å². The molecule has 0 aliphatic heterocycles. The van der Waals surface area contributed by atoms with Gasteiger partial charge in [-0.3, -0.25) is 0 Å². The molecule has 0 amide bonds. The van der Waals surface area contributed by atoms with Crippen molar-refractivity contribution in [1.29, 1.82) is 0 Å². The maximum Gasteiger partial charge on any atom is 0.148 e. The van der Waals surface area contributed by atoms with Gasteiger partial charge in [-0.05, 0) is 25.5 Å². The van der Waals surface area contributed by atoms with E-state index in [1.165, 1.54) is 16.0 Å². The van der Waals surface area contributed by atoms with E-state index in [0.29, 0.717) is 0 Å². The fraction of sp³-hybridized carbons (Fsp3) is 0.636. The molecule has 1 aromatic rings. The molecule has 1 N–H and O–H groups in total. The Morgan fingerprint density at radius 1 is 1.38 bits per heavy atom. The highest BCUT2D eigenvalue weighted by Crippen LogP contribution is 2.16. The standard InChI is InChI=1S/C11H19NO2S2/c1-4-10-5-6-11(15-10)7-12-9(2)8-16(3,13)14/h5-6,9,12H,4,7-8H2,1-3H3. The summed E-state index contributed by atoms with van der Waals surface area (Å²) in [5, 5.41) is 3.22. The monoisotopic (exact) mass is 261 g/mol. The topological polar surface area (TPSA) is 46.2 Å². The molecule has 0 saturated carbocycles. The van der Waals surface area contributed by atoms with Crippen molar-refractivity contribution in [3.8, 4) is 0 Å². The van der Waals surface area contributed by atoms with Gasteiger partial charge in [0.2, 0.25) is 0 Å². The van der Waals surface area contributed by atoms with Crippen molar-refractivity contribution in [3.63, 3.8) is 0 Å². The van der Waals surface area contributed by atoms with Crippen LogP contribution in [-0.4, -0.2) is 26.5 Å². The predicted octanol–water partition coefficient (Wildman–Crippen LogP) is 1.83. The minimum absolute atomic E-state index is 0.00202. The summed E-state index contributed by atoms with van der Waals surface area (Å²) in [5.74, 6) is 0.193. The zero-order valence-corrected chi connectivity index (χ0v) is 11.6. The number of aryl methyl sites for hydroxylation is 1. The second-order valence-corrected chi connectivity index (χ2v) is 7.53. The molecule has 0 radical (unpaired) electrons. The summed E-state index contributed by atoms with van der Waals surface area (Å²) in [6.45, 7) is 4.78. The average molecular weight is 261 g/mol. The van der Waals surface area contributed by atoms with E-state index in [9.17, 15) is 8.42 Å². The number of thiophene rings is 1. The SMILES string of the molecule is CCc1ccc(CNC(C)CS(C)(=O)=O)s1. The fourth-order valence-corrected chi connectivity index (χ4v) is 3.43. The van der Waals surface area contributed by atoms with E-state index in [4.69, 9.17) is 0 Å². The van der Waals surface area contributed by atoms with Crippen LogP contribution >= 0.6 is 11.3 Å². The molecule has 5 heteroatoms. The first-order valence-corrected chi connectivity index (χ1v) is 8.27. The van der Waals surface area contributed by atoms with Crippen LogP contribution in [0.15, 0.2) is 12.1 Å². The maximum atomic E-state index is 11.1. The minimum Gasteiger partial charge on any atom is -0.308 e. The molecule has 0 aromatic carbocycles.